The quantitative estimate of drug-likeness (QED) is 0.808. The summed E-state index contributed by atoms with van der Waals surface area (Å²) in [6.07, 6.45) is 2.10. The lowest BCUT2D eigenvalue weighted by atomic mass is 10.1. The molecule has 0 unspecified atom stereocenters. The molecular formula is C14H25N3O2. The highest BCUT2D eigenvalue weighted by atomic mass is 16.2. The summed E-state index contributed by atoms with van der Waals surface area (Å²) in [6, 6.07) is 0. The van der Waals surface area contributed by atoms with Crippen LogP contribution in [0.15, 0.2) is 0 Å². The van der Waals surface area contributed by atoms with E-state index >= 15 is 0 Å². The summed E-state index contributed by atoms with van der Waals surface area (Å²) in [5.74, 6) is 0.707. The van der Waals surface area contributed by atoms with Gasteiger partial charge < -0.3 is 15.1 Å². The molecule has 1 heterocycles. The average molecular weight is 267 g/mol. The largest absolute Gasteiger partial charge is 0.339 e. The first kappa shape index (κ1) is 14.3. The van der Waals surface area contributed by atoms with E-state index in [0.717, 1.165) is 12.8 Å². The van der Waals surface area contributed by atoms with Crippen LogP contribution in [0.25, 0.3) is 0 Å². The molecule has 19 heavy (non-hydrogen) atoms. The molecule has 1 saturated heterocycles. The van der Waals surface area contributed by atoms with Gasteiger partial charge in [0.15, 0.2) is 0 Å². The second kappa shape index (κ2) is 5.49. The average Bonchev–Trinajstić information content (AvgIpc) is 3.18. The maximum Gasteiger partial charge on any atom is 0.236 e. The molecule has 0 spiro atoms. The predicted molar refractivity (Wildman–Crippen MR) is 73.6 cm³/mol. The SMILES string of the molecule is CC(C)(C)NCC(=O)N1CCN(C(=O)C2CC2)CC1. The molecule has 1 N–H and O–H groups in total. The van der Waals surface area contributed by atoms with Crippen LogP contribution >= 0.6 is 0 Å². The number of amides is 2. The number of hydrogen-bond donors (Lipinski definition) is 1. The van der Waals surface area contributed by atoms with Gasteiger partial charge in [-0.15, -0.1) is 0 Å². The molecule has 2 fully saturated rings. The molecule has 0 aromatic heterocycles. The van der Waals surface area contributed by atoms with Crippen LogP contribution in [0.2, 0.25) is 0 Å². The summed E-state index contributed by atoms with van der Waals surface area (Å²) < 4.78 is 0. The molecule has 2 rings (SSSR count). The fraction of sp³-hybridized carbons (Fsp3) is 0.857. The Morgan fingerprint density at radius 2 is 1.58 bits per heavy atom. The third-order valence-electron chi connectivity index (χ3n) is 3.64. The zero-order valence-electron chi connectivity index (χ0n) is 12.2. The van der Waals surface area contributed by atoms with Gasteiger partial charge in [0.1, 0.15) is 0 Å². The van der Waals surface area contributed by atoms with Crippen LogP contribution in [0.5, 0.6) is 0 Å². The first-order chi connectivity index (χ1) is 8.87. The zero-order valence-corrected chi connectivity index (χ0v) is 12.2. The maximum atomic E-state index is 12.0. The highest BCUT2D eigenvalue weighted by molar-refractivity contribution is 5.82. The van der Waals surface area contributed by atoms with Crippen LogP contribution in [0.4, 0.5) is 0 Å². The highest BCUT2D eigenvalue weighted by Crippen LogP contribution is 2.31. The Morgan fingerprint density at radius 1 is 1.05 bits per heavy atom. The molecule has 5 nitrogen and oxygen atoms in total. The van der Waals surface area contributed by atoms with E-state index in [0.29, 0.717) is 38.6 Å². The van der Waals surface area contributed by atoms with Gasteiger partial charge >= 0.3 is 0 Å². The zero-order chi connectivity index (χ0) is 14.0. The molecule has 0 aromatic carbocycles. The number of rotatable bonds is 3. The topological polar surface area (TPSA) is 52.7 Å². The second-order valence-corrected chi connectivity index (χ2v) is 6.58. The van der Waals surface area contributed by atoms with Gasteiger partial charge in [-0.05, 0) is 33.6 Å². The Kier molecular flexibility index (Phi) is 4.13. The molecule has 0 atom stereocenters. The lowest BCUT2D eigenvalue weighted by Crippen LogP contribution is -2.53. The molecule has 1 aliphatic heterocycles. The van der Waals surface area contributed by atoms with Gasteiger partial charge in [0.25, 0.3) is 0 Å². The molecule has 0 aromatic rings. The molecule has 1 saturated carbocycles. The van der Waals surface area contributed by atoms with Gasteiger partial charge in [-0.1, -0.05) is 0 Å². The second-order valence-electron chi connectivity index (χ2n) is 6.58. The van der Waals surface area contributed by atoms with Crippen LogP contribution in [-0.4, -0.2) is 59.9 Å². The fourth-order valence-corrected chi connectivity index (χ4v) is 2.22. The van der Waals surface area contributed by atoms with E-state index in [1.54, 1.807) is 0 Å². The molecule has 5 heteroatoms. The lowest BCUT2D eigenvalue weighted by Gasteiger charge is -2.35. The lowest BCUT2D eigenvalue weighted by molar-refractivity contribution is -0.140. The summed E-state index contributed by atoms with van der Waals surface area (Å²) in [6.45, 7) is 9.24. The number of carbonyl (C=O) groups excluding carboxylic acids is 2. The Bertz CT molecular complexity index is 350. The van der Waals surface area contributed by atoms with Gasteiger partial charge in [0.2, 0.25) is 11.8 Å². The van der Waals surface area contributed by atoms with Crippen LogP contribution in [0, 0.1) is 5.92 Å². The Morgan fingerprint density at radius 3 is 2.05 bits per heavy atom. The van der Waals surface area contributed by atoms with Gasteiger partial charge in [-0.2, -0.15) is 0 Å². The van der Waals surface area contributed by atoms with Crippen molar-refractivity contribution < 1.29 is 9.59 Å². The molecular weight excluding hydrogens is 242 g/mol. The van der Waals surface area contributed by atoms with Gasteiger partial charge in [0.05, 0.1) is 6.54 Å². The third-order valence-corrected chi connectivity index (χ3v) is 3.64. The normalized spacial score (nSPS) is 20.6. The van der Waals surface area contributed by atoms with E-state index in [1.807, 2.05) is 30.6 Å². The number of carbonyl (C=O) groups is 2. The first-order valence-corrected chi connectivity index (χ1v) is 7.18. The maximum absolute atomic E-state index is 12.0. The number of hydrogen-bond acceptors (Lipinski definition) is 3. The van der Waals surface area contributed by atoms with Crippen molar-refractivity contribution in [2.45, 2.75) is 39.2 Å². The highest BCUT2D eigenvalue weighted by Gasteiger charge is 2.35. The van der Waals surface area contributed by atoms with Crippen molar-refractivity contribution in [3.05, 3.63) is 0 Å². The van der Waals surface area contributed by atoms with Crippen molar-refractivity contribution in [3.63, 3.8) is 0 Å². The van der Waals surface area contributed by atoms with Crippen LogP contribution in [-0.2, 0) is 9.59 Å². The molecule has 2 amide bonds. The van der Waals surface area contributed by atoms with Gasteiger partial charge in [-0.25, -0.2) is 0 Å². The van der Waals surface area contributed by atoms with Crippen molar-refractivity contribution in [1.29, 1.82) is 0 Å². The summed E-state index contributed by atoms with van der Waals surface area (Å²) in [5.41, 5.74) is -0.0422. The van der Waals surface area contributed by atoms with Gasteiger partial charge in [0, 0.05) is 37.6 Å². The summed E-state index contributed by atoms with van der Waals surface area (Å²) in [5, 5.41) is 3.21. The Labute approximate surface area is 115 Å². The van der Waals surface area contributed by atoms with Crippen LogP contribution in [0.1, 0.15) is 33.6 Å². The van der Waals surface area contributed by atoms with E-state index in [4.69, 9.17) is 0 Å². The summed E-state index contributed by atoms with van der Waals surface area (Å²) in [7, 11) is 0. The van der Waals surface area contributed by atoms with Crippen molar-refractivity contribution in [2.24, 2.45) is 5.92 Å². The van der Waals surface area contributed by atoms with E-state index in [2.05, 4.69) is 5.32 Å². The molecule has 1 aliphatic carbocycles. The Balaban J connectivity index is 1.73. The third kappa shape index (κ3) is 4.20. The monoisotopic (exact) mass is 267 g/mol. The van der Waals surface area contributed by atoms with Crippen molar-refractivity contribution >= 4 is 11.8 Å². The Hall–Kier alpha value is -1.10. The number of piperazine rings is 1. The first-order valence-electron chi connectivity index (χ1n) is 7.18. The summed E-state index contributed by atoms with van der Waals surface area (Å²) >= 11 is 0. The van der Waals surface area contributed by atoms with Crippen molar-refractivity contribution in [3.8, 4) is 0 Å². The molecule has 0 bridgehead atoms. The molecule has 108 valence electrons. The van der Waals surface area contributed by atoms with E-state index < -0.39 is 0 Å². The minimum Gasteiger partial charge on any atom is -0.339 e. The van der Waals surface area contributed by atoms with E-state index in [1.165, 1.54) is 0 Å². The van der Waals surface area contributed by atoms with Crippen molar-refractivity contribution in [1.82, 2.24) is 15.1 Å². The minimum absolute atomic E-state index is 0.0422. The van der Waals surface area contributed by atoms with Gasteiger partial charge in [-0.3, -0.25) is 9.59 Å². The molecule has 2 aliphatic rings. The smallest absolute Gasteiger partial charge is 0.236 e. The fourth-order valence-electron chi connectivity index (χ4n) is 2.22. The van der Waals surface area contributed by atoms with E-state index in [9.17, 15) is 9.59 Å². The van der Waals surface area contributed by atoms with Crippen LogP contribution < -0.4 is 5.32 Å². The van der Waals surface area contributed by atoms with Crippen LogP contribution in [0.3, 0.4) is 0 Å². The minimum atomic E-state index is -0.0422. The number of nitrogens with zero attached hydrogens (tertiary/aromatic N) is 2. The van der Waals surface area contributed by atoms with E-state index in [-0.39, 0.29) is 17.4 Å². The molecule has 0 radical (unpaired) electrons. The number of nitrogens with one attached hydrogen (secondary N) is 1. The summed E-state index contributed by atoms with van der Waals surface area (Å²) in [4.78, 5) is 27.7. The standard InChI is InChI=1S/C14H25N3O2/c1-14(2,3)15-10-12(18)16-6-8-17(9-7-16)13(19)11-4-5-11/h11,15H,4-10H2,1-3H3. The van der Waals surface area contributed by atoms with Crippen molar-refractivity contribution in [2.75, 3.05) is 32.7 Å². The predicted octanol–water partition coefficient (Wildman–Crippen LogP) is 0.455.